The summed E-state index contributed by atoms with van der Waals surface area (Å²) >= 11 is 0. The Bertz CT molecular complexity index is 976. The molecule has 0 saturated heterocycles. The lowest BCUT2D eigenvalue weighted by molar-refractivity contribution is 0.214. The van der Waals surface area contributed by atoms with Gasteiger partial charge < -0.3 is 14.3 Å². The Morgan fingerprint density at radius 2 is 1.68 bits per heavy atom. The van der Waals surface area contributed by atoms with Gasteiger partial charge in [0.25, 0.3) is 0 Å². The van der Waals surface area contributed by atoms with E-state index in [4.69, 9.17) is 14.3 Å². The van der Waals surface area contributed by atoms with Gasteiger partial charge in [0.1, 0.15) is 18.5 Å². The van der Waals surface area contributed by atoms with E-state index in [0.29, 0.717) is 11.5 Å². The van der Waals surface area contributed by atoms with Gasteiger partial charge in [0, 0.05) is 16.7 Å². The number of nitrogens with zero attached hydrogens (tertiary/aromatic N) is 2. The van der Waals surface area contributed by atoms with E-state index >= 15 is 0 Å². The third-order valence-corrected chi connectivity index (χ3v) is 4.29. The second-order valence-corrected chi connectivity index (χ2v) is 5.56. The van der Waals surface area contributed by atoms with Crippen molar-refractivity contribution in [2.45, 2.75) is 0 Å². The van der Waals surface area contributed by atoms with Crippen molar-refractivity contribution in [3.63, 3.8) is 0 Å². The van der Waals surface area contributed by atoms with Crippen molar-refractivity contribution in [1.82, 2.24) is 10.2 Å². The number of rotatable bonds is 4. The summed E-state index contributed by atoms with van der Waals surface area (Å²) in [5.74, 6) is 1.32. The normalized spacial score (nSPS) is 13.5. The minimum atomic E-state index is 0.650. The maximum Gasteiger partial charge on any atom is 0.161 e. The van der Waals surface area contributed by atoms with Gasteiger partial charge in [-0.1, -0.05) is 29.4 Å². The number of aromatic nitrogens is 2. The van der Waals surface area contributed by atoms with Crippen LogP contribution in [0.4, 0.5) is 0 Å². The van der Waals surface area contributed by atoms with Crippen molar-refractivity contribution >= 4 is 5.71 Å². The molecule has 0 aliphatic heterocycles. The summed E-state index contributed by atoms with van der Waals surface area (Å²) in [5.41, 5.74) is 6.43. The molecule has 1 N–H and O–H groups in total. The standard InChI is InChI=1S/C19H17N3O3/c1-23-14-9-8-11(10-15(14)24-2)17-16-18(21-20-17)12-6-4-5-7-13(12)19(16)22-25-3/h4-10H,1-3H3,(H,20,21)/b22-19+. The number of oxime groups is 1. The van der Waals surface area contributed by atoms with Crippen LogP contribution in [0.3, 0.4) is 0 Å². The number of fused-ring (bicyclic) bond motifs is 3. The molecule has 6 heteroatoms. The fraction of sp³-hybridized carbons (Fsp3) is 0.158. The van der Waals surface area contributed by atoms with Crippen molar-refractivity contribution in [3.05, 3.63) is 53.6 Å². The number of nitrogens with one attached hydrogen (secondary N) is 1. The SMILES string of the molecule is CO/N=C1\c2ccccc2-c2[nH]nc(-c3ccc(OC)c(OC)c3)c21. The molecule has 1 aliphatic rings. The van der Waals surface area contributed by atoms with Crippen molar-refractivity contribution in [3.8, 4) is 34.0 Å². The highest BCUT2D eigenvalue weighted by Crippen LogP contribution is 2.41. The third-order valence-electron chi connectivity index (χ3n) is 4.29. The number of benzene rings is 2. The van der Waals surface area contributed by atoms with Gasteiger partial charge in [-0.25, -0.2) is 0 Å². The van der Waals surface area contributed by atoms with Gasteiger partial charge in [0.2, 0.25) is 0 Å². The lowest BCUT2D eigenvalue weighted by Crippen LogP contribution is -2.01. The molecule has 0 atom stereocenters. The first-order chi connectivity index (χ1) is 12.3. The number of H-pyrrole nitrogens is 1. The monoisotopic (exact) mass is 335 g/mol. The molecule has 1 aromatic heterocycles. The van der Waals surface area contributed by atoms with Crippen molar-refractivity contribution < 1.29 is 14.3 Å². The number of ether oxygens (including phenoxy) is 2. The molecule has 6 nitrogen and oxygen atoms in total. The van der Waals surface area contributed by atoms with Crippen LogP contribution in [0.15, 0.2) is 47.6 Å². The van der Waals surface area contributed by atoms with Gasteiger partial charge >= 0.3 is 0 Å². The Hall–Kier alpha value is -3.28. The van der Waals surface area contributed by atoms with Gasteiger partial charge in [0.05, 0.1) is 25.5 Å². The summed E-state index contributed by atoms with van der Waals surface area (Å²) in [4.78, 5) is 5.08. The molecule has 25 heavy (non-hydrogen) atoms. The van der Waals surface area contributed by atoms with E-state index < -0.39 is 0 Å². The van der Waals surface area contributed by atoms with E-state index in [-0.39, 0.29) is 0 Å². The summed E-state index contributed by atoms with van der Waals surface area (Å²) in [6.07, 6.45) is 0. The Morgan fingerprint density at radius 1 is 0.920 bits per heavy atom. The Morgan fingerprint density at radius 3 is 2.40 bits per heavy atom. The van der Waals surface area contributed by atoms with Gasteiger partial charge in [-0.3, -0.25) is 5.10 Å². The minimum absolute atomic E-state index is 0.650. The summed E-state index contributed by atoms with van der Waals surface area (Å²) in [6.45, 7) is 0. The predicted molar refractivity (Wildman–Crippen MR) is 95.2 cm³/mol. The first-order valence-electron chi connectivity index (χ1n) is 7.80. The summed E-state index contributed by atoms with van der Waals surface area (Å²) in [7, 11) is 4.78. The molecule has 0 amide bonds. The van der Waals surface area contributed by atoms with E-state index in [1.165, 1.54) is 0 Å². The molecule has 4 rings (SSSR count). The van der Waals surface area contributed by atoms with Crippen molar-refractivity contribution in [2.24, 2.45) is 5.16 Å². The zero-order chi connectivity index (χ0) is 17.4. The molecule has 3 aromatic rings. The van der Waals surface area contributed by atoms with Crippen LogP contribution in [-0.2, 0) is 4.84 Å². The third kappa shape index (κ3) is 2.26. The Balaban J connectivity index is 1.91. The second kappa shape index (κ2) is 5.98. The highest BCUT2D eigenvalue weighted by molar-refractivity contribution is 6.26. The van der Waals surface area contributed by atoms with Gasteiger partial charge in [-0.15, -0.1) is 0 Å². The molecule has 2 aromatic carbocycles. The molecule has 0 fully saturated rings. The second-order valence-electron chi connectivity index (χ2n) is 5.56. The molecule has 0 bridgehead atoms. The van der Waals surface area contributed by atoms with Gasteiger partial charge in [0.15, 0.2) is 11.5 Å². The first kappa shape index (κ1) is 15.3. The van der Waals surface area contributed by atoms with Crippen LogP contribution in [0.1, 0.15) is 11.1 Å². The highest BCUT2D eigenvalue weighted by Gasteiger charge is 2.31. The average molecular weight is 335 g/mol. The van der Waals surface area contributed by atoms with E-state index in [0.717, 1.165) is 39.4 Å². The van der Waals surface area contributed by atoms with Crippen LogP contribution in [0.25, 0.3) is 22.5 Å². The minimum Gasteiger partial charge on any atom is -0.493 e. The smallest absolute Gasteiger partial charge is 0.161 e. The fourth-order valence-electron chi connectivity index (χ4n) is 3.19. The maximum absolute atomic E-state index is 5.41. The van der Waals surface area contributed by atoms with Crippen LogP contribution in [0.5, 0.6) is 11.5 Å². The average Bonchev–Trinajstić information content (AvgIpc) is 3.21. The number of methoxy groups -OCH3 is 2. The molecular weight excluding hydrogens is 318 g/mol. The topological polar surface area (TPSA) is 68.7 Å². The molecule has 0 saturated carbocycles. The Labute approximate surface area is 145 Å². The molecule has 1 heterocycles. The van der Waals surface area contributed by atoms with Gasteiger partial charge in [-0.05, 0) is 18.2 Å². The molecule has 0 radical (unpaired) electrons. The van der Waals surface area contributed by atoms with E-state index in [2.05, 4.69) is 15.4 Å². The van der Waals surface area contributed by atoms with E-state index in [1.54, 1.807) is 21.3 Å². The lowest BCUT2D eigenvalue weighted by Gasteiger charge is -2.09. The van der Waals surface area contributed by atoms with Crippen LogP contribution in [0.2, 0.25) is 0 Å². The highest BCUT2D eigenvalue weighted by atomic mass is 16.6. The first-order valence-corrected chi connectivity index (χ1v) is 7.80. The van der Waals surface area contributed by atoms with Crippen LogP contribution in [0, 0.1) is 0 Å². The van der Waals surface area contributed by atoms with Crippen LogP contribution in [-0.4, -0.2) is 37.2 Å². The van der Waals surface area contributed by atoms with E-state index in [1.807, 2.05) is 42.5 Å². The summed E-state index contributed by atoms with van der Waals surface area (Å²) in [5, 5.41) is 11.9. The molecule has 126 valence electrons. The zero-order valence-corrected chi connectivity index (χ0v) is 14.2. The fourth-order valence-corrected chi connectivity index (χ4v) is 3.19. The molecular formula is C19H17N3O3. The van der Waals surface area contributed by atoms with Crippen LogP contribution >= 0.6 is 0 Å². The quantitative estimate of drug-likeness (QED) is 0.580. The lowest BCUT2D eigenvalue weighted by atomic mass is 10.0. The van der Waals surface area contributed by atoms with Gasteiger partial charge in [-0.2, -0.15) is 5.10 Å². The summed E-state index contributed by atoms with van der Waals surface area (Å²) < 4.78 is 10.7. The zero-order valence-electron chi connectivity index (χ0n) is 14.2. The van der Waals surface area contributed by atoms with Crippen LogP contribution < -0.4 is 9.47 Å². The number of hydrogen-bond donors (Lipinski definition) is 1. The summed E-state index contributed by atoms with van der Waals surface area (Å²) in [6, 6.07) is 13.8. The largest absolute Gasteiger partial charge is 0.493 e. The molecule has 0 unspecified atom stereocenters. The molecule has 1 aliphatic carbocycles. The van der Waals surface area contributed by atoms with Crippen molar-refractivity contribution in [1.29, 1.82) is 0 Å². The number of aromatic amines is 1. The van der Waals surface area contributed by atoms with E-state index in [9.17, 15) is 0 Å². The Kier molecular flexibility index (Phi) is 3.65. The van der Waals surface area contributed by atoms with Crippen molar-refractivity contribution in [2.75, 3.05) is 21.3 Å². The molecule has 0 spiro atoms. The number of hydrogen-bond acceptors (Lipinski definition) is 5. The predicted octanol–water partition coefficient (Wildman–Crippen LogP) is 3.47. The maximum atomic E-state index is 5.41.